The Bertz CT molecular complexity index is 2880. The molecular weight excluding hydrogens is 1100 g/mol. The Labute approximate surface area is 473 Å². The number of aryl methyl sites for hydroxylation is 1. The van der Waals surface area contributed by atoms with Gasteiger partial charge >= 0.3 is 11.9 Å². The second-order valence-electron chi connectivity index (χ2n) is 21.7. The highest BCUT2D eigenvalue weighted by Gasteiger charge is 2.46. The van der Waals surface area contributed by atoms with Crippen molar-refractivity contribution in [3.05, 3.63) is 94.4 Å². The number of hydrogen-bond acceptors (Lipinski definition) is 20. The molecule has 9 rings (SSSR count). The summed E-state index contributed by atoms with van der Waals surface area (Å²) < 4.78 is 107. The number of aliphatic hydroxyl groups excluding tert-OH is 2. The lowest BCUT2D eigenvalue weighted by molar-refractivity contribution is -0.154. The molecule has 4 aromatic rings. The number of thiazole rings is 1. The number of ether oxygens (including phenoxy) is 9. The van der Waals surface area contributed by atoms with Gasteiger partial charge in [0.05, 0.1) is 97.0 Å². The predicted octanol–water partition coefficient (Wildman–Crippen LogP) is 5.55. The van der Waals surface area contributed by atoms with Crippen LogP contribution in [-0.4, -0.2) is 156 Å². The second-order valence-corrected chi connectivity index (χ2v) is 26.7. The molecule has 24 heteroatoms. The van der Waals surface area contributed by atoms with Gasteiger partial charge in [-0.3, -0.25) is 9.59 Å². The van der Waals surface area contributed by atoms with Gasteiger partial charge in [-0.25, -0.2) is 21.8 Å². The number of hydrogen-bond donors (Lipinski definition) is 3. The van der Waals surface area contributed by atoms with E-state index in [9.17, 15) is 36.6 Å². The second kappa shape index (κ2) is 28.0. The molecule has 80 heavy (non-hydrogen) atoms. The highest BCUT2D eigenvalue weighted by atomic mass is 32.2. The molecule has 21 nitrogen and oxygen atoms in total. The zero-order valence-corrected chi connectivity index (χ0v) is 48.4. The lowest BCUT2D eigenvalue weighted by atomic mass is 9.90. The number of nitrogens with zero attached hydrogens (tertiary/aromatic N) is 3. The summed E-state index contributed by atoms with van der Waals surface area (Å²) in [5.41, 5.74) is 7.89. The maximum absolute atomic E-state index is 13.7. The summed E-state index contributed by atoms with van der Waals surface area (Å²) in [6.07, 6.45) is -2.13. The molecule has 4 saturated heterocycles. The van der Waals surface area contributed by atoms with Crippen molar-refractivity contribution in [1.29, 1.82) is 0 Å². The molecule has 0 saturated carbocycles. The zero-order valence-electron chi connectivity index (χ0n) is 45.9. The van der Waals surface area contributed by atoms with E-state index in [1.165, 1.54) is 56.3 Å². The molecule has 0 bridgehead atoms. The van der Waals surface area contributed by atoms with Gasteiger partial charge in [0.15, 0.2) is 24.1 Å². The molecule has 4 N–H and O–H groups in total. The molecule has 440 valence electrons. The highest BCUT2D eigenvalue weighted by molar-refractivity contribution is 7.89. The van der Waals surface area contributed by atoms with E-state index in [-0.39, 0.29) is 124 Å². The van der Waals surface area contributed by atoms with Gasteiger partial charge in [-0.15, -0.1) is 11.3 Å². The first-order valence-corrected chi connectivity index (χ1v) is 31.0. The fourth-order valence-corrected chi connectivity index (χ4v) is 14.2. The lowest BCUT2D eigenvalue weighted by Crippen LogP contribution is -2.43. The van der Waals surface area contributed by atoms with Gasteiger partial charge < -0.3 is 58.6 Å². The Morgan fingerprint density at radius 3 is 1.81 bits per heavy atom. The van der Waals surface area contributed by atoms with Gasteiger partial charge in [0.1, 0.15) is 12.2 Å². The van der Waals surface area contributed by atoms with Gasteiger partial charge in [0.25, 0.3) is 0 Å². The molecular formula is C56H76N4O17S3. The summed E-state index contributed by atoms with van der Waals surface area (Å²) in [4.78, 5) is 30.6. The van der Waals surface area contributed by atoms with Crippen molar-refractivity contribution in [2.24, 2.45) is 35.5 Å². The summed E-state index contributed by atoms with van der Waals surface area (Å²) in [6.45, 7) is 11.4. The average Bonchev–Trinajstić information content (AvgIpc) is 4.35. The number of anilines is 1. The molecule has 5 aliphatic rings. The van der Waals surface area contributed by atoms with Crippen molar-refractivity contribution in [2.75, 3.05) is 71.7 Å². The van der Waals surface area contributed by atoms with E-state index in [4.69, 9.17) is 48.4 Å². The third kappa shape index (κ3) is 16.2. The summed E-state index contributed by atoms with van der Waals surface area (Å²) in [5.74, 6) is -1.44. The molecule has 6 heterocycles. The van der Waals surface area contributed by atoms with Crippen LogP contribution >= 0.6 is 11.3 Å². The molecule has 10 atom stereocenters. The van der Waals surface area contributed by atoms with E-state index >= 15 is 0 Å². The topological polar surface area (TPSA) is 271 Å². The van der Waals surface area contributed by atoms with Crippen LogP contribution < -0.4 is 15.2 Å². The van der Waals surface area contributed by atoms with Gasteiger partial charge in [0, 0.05) is 55.1 Å². The third-order valence-electron chi connectivity index (χ3n) is 14.5. The fourth-order valence-electron chi connectivity index (χ4n) is 10.4. The first kappa shape index (κ1) is 61.2. The number of fused-ring (bicyclic) bond motifs is 3. The van der Waals surface area contributed by atoms with Crippen LogP contribution in [0.3, 0.4) is 0 Å². The molecule has 0 radical (unpaired) electrons. The first-order chi connectivity index (χ1) is 38.2. The van der Waals surface area contributed by atoms with Crippen molar-refractivity contribution in [3.63, 3.8) is 0 Å². The Morgan fingerprint density at radius 1 is 0.713 bits per heavy atom. The molecule has 0 unspecified atom stereocenters. The summed E-state index contributed by atoms with van der Waals surface area (Å²) in [7, 11) is -7.92. The molecule has 0 amide bonds. The van der Waals surface area contributed by atoms with Crippen LogP contribution in [0.5, 0.6) is 11.5 Å². The van der Waals surface area contributed by atoms with Crippen molar-refractivity contribution in [2.45, 2.75) is 120 Å². The molecule has 0 aliphatic carbocycles. The molecule has 5 aliphatic heterocycles. The van der Waals surface area contributed by atoms with E-state index < -0.39 is 62.1 Å². The van der Waals surface area contributed by atoms with Crippen molar-refractivity contribution < 1.29 is 79.3 Å². The van der Waals surface area contributed by atoms with Crippen LogP contribution in [0.1, 0.15) is 69.6 Å². The minimum atomic E-state index is -4.02. The number of nitrogen functional groups attached to an aromatic ring is 1. The van der Waals surface area contributed by atoms with Crippen LogP contribution in [0.4, 0.5) is 5.69 Å². The standard InChI is InChI=1S/C28H38N2O10S2.C28H38N2O7S/c1-17(2)10-30(42(33,34)21-4-5-24-25(9-21)39-16-38-24)11-23(31)19(12-35-13-20-15-41-18(3)29-20)8-27(32)40-26-14-37-28-22(26)6-7-36-28;1-19(2)16-30(38(33,34)23-10-8-22(29)9-11-23)17-25(31)21(14-20-6-4-3-5-7-20)15-27(32)37-26-18-36-28-24(26)12-13-35-28/h4-5,9,15,17,19,22-23,26,28,31H,6-8,10-14,16H2,1-3H3;3-11,19,21,24-26,28,31H,12-18,29H2,1-2H3/t19-,22-,23+,26-,28+;21-,24+,25-,26+,28-/m01/s1. The number of sulfonamides is 2. The van der Waals surface area contributed by atoms with E-state index in [1.807, 2.05) is 70.3 Å². The average molecular weight is 1170 g/mol. The van der Waals surface area contributed by atoms with Crippen LogP contribution in [0.2, 0.25) is 0 Å². The number of benzene rings is 3. The van der Waals surface area contributed by atoms with Gasteiger partial charge in [-0.1, -0.05) is 58.0 Å². The van der Waals surface area contributed by atoms with E-state index in [2.05, 4.69) is 4.98 Å². The maximum atomic E-state index is 13.7. The van der Waals surface area contributed by atoms with Gasteiger partial charge in [-0.2, -0.15) is 8.61 Å². The molecule has 3 aromatic carbocycles. The lowest BCUT2D eigenvalue weighted by Gasteiger charge is -2.30. The maximum Gasteiger partial charge on any atom is 0.306 e. The minimum Gasteiger partial charge on any atom is -0.459 e. The number of rotatable bonds is 26. The third-order valence-corrected chi connectivity index (χ3v) is 19.0. The van der Waals surface area contributed by atoms with Crippen LogP contribution in [0.15, 0.2) is 88.0 Å². The quantitative estimate of drug-likeness (QED) is 0.0514. The number of aromatic nitrogens is 1. The number of nitrogens with two attached hydrogens (primary N) is 1. The van der Waals surface area contributed by atoms with E-state index in [0.717, 1.165) is 29.1 Å². The van der Waals surface area contributed by atoms with Crippen molar-refractivity contribution >= 4 is 49.0 Å². The van der Waals surface area contributed by atoms with E-state index in [1.54, 1.807) is 6.07 Å². The molecule has 0 spiro atoms. The summed E-state index contributed by atoms with van der Waals surface area (Å²) >= 11 is 1.50. The van der Waals surface area contributed by atoms with Crippen molar-refractivity contribution in [3.8, 4) is 11.5 Å². The van der Waals surface area contributed by atoms with Gasteiger partial charge in [-0.05, 0) is 80.0 Å². The molecule has 4 fully saturated rings. The van der Waals surface area contributed by atoms with Crippen LogP contribution in [0, 0.1) is 42.4 Å². The monoisotopic (exact) mass is 1170 g/mol. The summed E-state index contributed by atoms with van der Waals surface area (Å²) in [5, 5.41) is 25.6. The summed E-state index contributed by atoms with van der Waals surface area (Å²) in [6, 6.07) is 20.0. The Kier molecular flexibility index (Phi) is 21.4. The fraction of sp³-hybridized carbons (Fsp3) is 0.589. The highest BCUT2D eigenvalue weighted by Crippen LogP contribution is 2.37. The normalized spacial score (nSPS) is 22.9. The first-order valence-electron chi connectivity index (χ1n) is 27.2. The molecule has 1 aromatic heterocycles. The number of aliphatic hydroxyl groups is 2. The predicted molar refractivity (Wildman–Crippen MR) is 293 cm³/mol. The number of carbonyl (C=O) groups excluding carboxylic acids is 2. The van der Waals surface area contributed by atoms with E-state index in [0.29, 0.717) is 36.8 Å². The Morgan fingerprint density at radius 2 is 1.25 bits per heavy atom. The van der Waals surface area contributed by atoms with Gasteiger partial charge in [0.2, 0.25) is 26.8 Å². The smallest absolute Gasteiger partial charge is 0.306 e. The largest absolute Gasteiger partial charge is 0.459 e. The number of esters is 2. The zero-order chi connectivity index (χ0) is 57.1. The number of carbonyl (C=O) groups is 2. The Hall–Kier alpha value is -4.83. The minimum absolute atomic E-state index is 0.00274. The Balaban J connectivity index is 0.000000211. The van der Waals surface area contributed by atoms with Crippen molar-refractivity contribution in [1.82, 2.24) is 13.6 Å². The SMILES string of the molecule is CC(C)CN(C[C@@H](O)[C@@H](CC(=O)O[C@H]1CO[C@H]2OCC[C@H]21)Cc1ccccc1)S(=O)(=O)c1ccc(N)cc1.Cc1nc(COC[C@H](CC(=O)O[C@H]2CO[C@H]3OCC[C@H]32)[C@H](O)CN(CC(C)C)S(=O)(=O)c2ccc3c(c2)OCO3)cs1. The van der Waals surface area contributed by atoms with Crippen LogP contribution in [0.25, 0.3) is 0 Å². The van der Waals surface area contributed by atoms with Crippen LogP contribution in [-0.2, 0) is 75.8 Å².